The van der Waals surface area contributed by atoms with Crippen molar-refractivity contribution < 1.29 is 4.52 Å². The average molecular weight is 205 g/mol. The second-order valence-electron chi connectivity index (χ2n) is 3.38. The van der Waals surface area contributed by atoms with Crippen LogP contribution in [0.5, 0.6) is 0 Å². The monoisotopic (exact) mass is 205 g/mol. The van der Waals surface area contributed by atoms with Gasteiger partial charge in [0.15, 0.2) is 5.58 Å². The summed E-state index contributed by atoms with van der Waals surface area (Å²) in [5.41, 5.74) is 3.24. The maximum absolute atomic E-state index is 5.21. The fraction of sp³-hybridized carbons (Fsp3) is 0.462. The normalized spacial score (nSPS) is 9.87. The highest BCUT2D eigenvalue weighted by Gasteiger charge is 2.06. The largest absolute Gasteiger partial charge is 0.356 e. The molecule has 2 rings (SSSR count). The van der Waals surface area contributed by atoms with Gasteiger partial charge in [0.2, 0.25) is 0 Å². The Morgan fingerprint density at radius 3 is 2.67 bits per heavy atom. The quantitative estimate of drug-likeness (QED) is 0.737. The molecule has 0 amide bonds. The van der Waals surface area contributed by atoms with Crippen LogP contribution < -0.4 is 0 Å². The lowest BCUT2D eigenvalue weighted by molar-refractivity contribution is 0.445. The second kappa shape index (κ2) is 5.54. The van der Waals surface area contributed by atoms with Crippen molar-refractivity contribution in [1.29, 1.82) is 0 Å². The third-order valence-electron chi connectivity index (χ3n) is 2.19. The highest BCUT2D eigenvalue weighted by atomic mass is 16.5. The predicted molar refractivity (Wildman–Crippen MR) is 64.1 cm³/mol. The van der Waals surface area contributed by atoms with Crippen molar-refractivity contribution >= 4 is 11.0 Å². The Hall–Kier alpha value is -1.31. The predicted octanol–water partition coefficient (Wildman–Crippen LogP) is 4.11. The van der Waals surface area contributed by atoms with E-state index in [4.69, 9.17) is 4.52 Å². The number of aryl methyl sites for hydroxylation is 2. The molecule has 0 saturated heterocycles. The number of aromatic nitrogens is 1. The molecule has 82 valence electrons. The molecule has 0 radical (unpaired) electrons. The Labute approximate surface area is 91.3 Å². The molecule has 0 aliphatic carbocycles. The van der Waals surface area contributed by atoms with Crippen LogP contribution in [0.4, 0.5) is 0 Å². The van der Waals surface area contributed by atoms with Gasteiger partial charge in [0.25, 0.3) is 0 Å². The third kappa shape index (κ3) is 2.58. The van der Waals surface area contributed by atoms with Gasteiger partial charge in [-0.1, -0.05) is 44.0 Å². The number of benzene rings is 1. The van der Waals surface area contributed by atoms with Gasteiger partial charge in [-0.25, -0.2) is 0 Å². The van der Waals surface area contributed by atoms with E-state index in [1.54, 1.807) is 0 Å². The standard InChI is InChI=1S/C11H13NO.C2H6/c1-3-4-10-9-7-8(2)5-6-11(9)13-12-10;1-2/h5-7H,3-4H2,1-2H3;1-2H3. The summed E-state index contributed by atoms with van der Waals surface area (Å²) in [4.78, 5) is 0. The summed E-state index contributed by atoms with van der Waals surface area (Å²) >= 11 is 0. The van der Waals surface area contributed by atoms with Crippen molar-refractivity contribution in [3.63, 3.8) is 0 Å². The van der Waals surface area contributed by atoms with Crippen LogP contribution >= 0.6 is 0 Å². The minimum Gasteiger partial charge on any atom is -0.356 e. The van der Waals surface area contributed by atoms with Gasteiger partial charge in [-0.05, 0) is 25.5 Å². The van der Waals surface area contributed by atoms with Gasteiger partial charge in [-0.3, -0.25) is 0 Å². The van der Waals surface area contributed by atoms with Crippen molar-refractivity contribution in [3.05, 3.63) is 29.5 Å². The molecule has 2 aromatic rings. The summed E-state index contributed by atoms with van der Waals surface area (Å²) in [7, 11) is 0. The highest BCUT2D eigenvalue weighted by molar-refractivity contribution is 5.80. The van der Waals surface area contributed by atoms with Gasteiger partial charge in [-0.15, -0.1) is 0 Å². The van der Waals surface area contributed by atoms with Crippen LogP contribution in [0.25, 0.3) is 11.0 Å². The molecule has 0 fully saturated rings. The van der Waals surface area contributed by atoms with E-state index in [2.05, 4.69) is 25.1 Å². The van der Waals surface area contributed by atoms with Crippen LogP contribution in [0.1, 0.15) is 38.4 Å². The fourth-order valence-electron chi connectivity index (χ4n) is 1.52. The zero-order valence-electron chi connectivity index (χ0n) is 10.0. The van der Waals surface area contributed by atoms with E-state index in [-0.39, 0.29) is 0 Å². The molecule has 0 bridgehead atoms. The topological polar surface area (TPSA) is 26.0 Å². The summed E-state index contributed by atoms with van der Waals surface area (Å²) in [6.45, 7) is 8.23. The Kier molecular flexibility index (Phi) is 4.35. The van der Waals surface area contributed by atoms with Crippen LogP contribution in [0.3, 0.4) is 0 Å². The van der Waals surface area contributed by atoms with E-state index in [0.717, 1.165) is 24.1 Å². The van der Waals surface area contributed by atoms with Crippen molar-refractivity contribution in [3.8, 4) is 0 Å². The van der Waals surface area contributed by atoms with E-state index < -0.39 is 0 Å². The molecule has 1 heterocycles. The zero-order chi connectivity index (χ0) is 11.3. The second-order valence-corrected chi connectivity index (χ2v) is 3.38. The molecule has 0 N–H and O–H groups in total. The fourth-order valence-corrected chi connectivity index (χ4v) is 1.52. The SMILES string of the molecule is CC.CCCc1noc2ccc(C)cc12. The molecule has 0 spiro atoms. The first-order chi connectivity index (χ1) is 7.31. The average Bonchev–Trinajstić information content (AvgIpc) is 2.65. The van der Waals surface area contributed by atoms with Crippen LogP contribution in [0.2, 0.25) is 0 Å². The molecule has 0 aliphatic heterocycles. The number of hydrogen-bond acceptors (Lipinski definition) is 2. The number of fused-ring (bicyclic) bond motifs is 1. The van der Waals surface area contributed by atoms with Crippen molar-refractivity contribution in [2.24, 2.45) is 0 Å². The molecule has 0 atom stereocenters. The minimum atomic E-state index is 0.897. The Bertz CT molecular complexity index is 417. The molecular formula is C13H19NO. The van der Waals surface area contributed by atoms with Crippen LogP contribution in [-0.4, -0.2) is 5.16 Å². The van der Waals surface area contributed by atoms with Crippen molar-refractivity contribution in [2.75, 3.05) is 0 Å². The molecular weight excluding hydrogens is 186 g/mol. The van der Waals surface area contributed by atoms with Gasteiger partial charge in [0.1, 0.15) is 0 Å². The summed E-state index contributed by atoms with van der Waals surface area (Å²) in [6.07, 6.45) is 2.10. The molecule has 1 aromatic carbocycles. The molecule has 15 heavy (non-hydrogen) atoms. The number of nitrogens with zero attached hydrogens (tertiary/aromatic N) is 1. The van der Waals surface area contributed by atoms with E-state index >= 15 is 0 Å². The minimum absolute atomic E-state index is 0.897. The van der Waals surface area contributed by atoms with Gasteiger partial charge in [0, 0.05) is 5.39 Å². The lowest BCUT2D eigenvalue weighted by atomic mass is 10.1. The smallest absolute Gasteiger partial charge is 0.167 e. The van der Waals surface area contributed by atoms with Crippen molar-refractivity contribution in [1.82, 2.24) is 5.16 Å². The van der Waals surface area contributed by atoms with E-state index in [9.17, 15) is 0 Å². The summed E-state index contributed by atoms with van der Waals surface area (Å²) in [6, 6.07) is 6.16. The van der Waals surface area contributed by atoms with Gasteiger partial charge in [0.05, 0.1) is 5.69 Å². The highest BCUT2D eigenvalue weighted by Crippen LogP contribution is 2.20. The Balaban J connectivity index is 0.000000531. The zero-order valence-corrected chi connectivity index (χ0v) is 10.0. The first kappa shape index (κ1) is 11.8. The first-order valence-electron chi connectivity index (χ1n) is 5.66. The first-order valence-corrected chi connectivity index (χ1v) is 5.66. The number of hydrogen-bond donors (Lipinski definition) is 0. The summed E-state index contributed by atoms with van der Waals surface area (Å²) in [5.74, 6) is 0. The lowest BCUT2D eigenvalue weighted by Gasteiger charge is -1.93. The van der Waals surface area contributed by atoms with Crippen molar-refractivity contribution in [2.45, 2.75) is 40.5 Å². The van der Waals surface area contributed by atoms with Crippen LogP contribution in [-0.2, 0) is 6.42 Å². The molecule has 1 aromatic heterocycles. The molecule has 2 heteroatoms. The summed E-state index contributed by atoms with van der Waals surface area (Å²) < 4.78 is 5.21. The lowest BCUT2D eigenvalue weighted by Crippen LogP contribution is -1.82. The van der Waals surface area contributed by atoms with E-state index in [0.29, 0.717) is 0 Å². The summed E-state index contributed by atoms with van der Waals surface area (Å²) in [5, 5.41) is 5.22. The van der Waals surface area contributed by atoms with Crippen LogP contribution in [0, 0.1) is 6.92 Å². The Morgan fingerprint density at radius 2 is 2.00 bits per heavy atom. The van der Waals surface area contributed by atoms with E-state index in [1.807, 2.05) is 26.0 Å². The molecule has 2 nitrogen and oxygen atoms in total. The molecule has 0 aliphatic rings. The van der Waals surface area contributed by atoms with E-state index in [1.165, 1.54) is 10.9 Å². The van der Waals surface area contributed by atoms with Gasteiger partial charge in [-0.2, -0.15) is 0 Å². The maximum Gasteiger partial charge on any atom is 0.167 e. The molecule has 0 saturated carbocycles. The number of rotatable bonds is 2. The Morgan fingerprint density at radius 1 is 1.27 bits per heavy atom. The van der Waals surface area contributed by atoms with Gasteiger partial charge >= 0.3 is 0 Å². The van der Waals surface area contributed by atoms with Crippen LogP contribution in [0.15, 0.2) is 22.7 Å². The van der Waals surface area contributed by atoms with Gasteiger partial charge < -0.3 is 4.52 Å². The third-order valence-corrected chi connectivity index (χ3v) is 2.19. The maximum atomic E-state index is 5.21. The molecule has 0 unspecified atom stereocenters.